The summed E-state index contributed by atoms with van der Waals surface area (Å²) in [5, 5.41) is 13.5. The van der Waals surface area contributed by atoms with Crippen LogP contribution in [0.1, 0.15) is 41.8 Å². The molecule has 9 heteroatoms. The number of rotatable bonds is 8. The summed E-state index contributed by atoms with van der Waals surface area (Å²) in [4.78, 5) is 37.2. The van der Waals surface area contributed by atoms with E-state index in [1.54, 1.807) is 13.8 Å². The number of aliphatic hydroxyl groups excluding tert-OH is 1. The summed E-state index contributed by atoms with van der Waals surface area (Å²) in [6, 6.07) is 9.48. The van der Waals surface area contributed by atoms with Crippen LogP contribution in [0.15, 0.2) is 42.1 Å². The maximum Gasteiger partial charge on any atom is 0.340 e. The summed E-state index contributed by atoms with van der Waals surface area (Å²) in [5.41, 5.74) is 0.715. The molecule has 1 aromatic carbocycles. The van der Waals surface area contributed by atoms with Gasteiger partial charge in [0.1, 0.15) is 18.3 Å². The van der Waals surface area contributed by atoms with Gasteiger partial charge in [-0.1, -0.05) is 30.3 Å². The molecule has 0 bridgehead atoms. The lowest BCUT2D eigenvalue weighted by Crippen LogP contribution is -2.17. The number of amides is 1. The molecule has 1 aromatic heterocycles. The average Bonchev–Trinajstić information content (AvgIpc) is 3.04. The minimum Gasteiger partial charge on any atom is -0.507 e. The van der Waals surface area contributed by atoms with Crippen LogP contribution in [0, 0.1) is 0 Å². The van der Waals surface area contributed by atoms with Crippen molar-refractivity contribution in [2.45, 2.75) is 33.6 Å². The van der Waals surface area contributed by atoms with Crippen LogP contribution < -0.4 is 5.32 Å². The molecule has 1 aliphatic rings. The fraction of sp³-hybridized carbons (Fsp3) is 0.318. The van der Waals surface area contributed by atoms with E-state index in [0.717, 1.165) is 5.56 Å². The number of hydrogen-bond donors (Lipinski definition) is 2. The molecule has 164 valence electrons. The first-order chi connectivity index (χ1) is 15.0. The number of carbonyl (C=O) groups excluding carboxylic acids is 3. The minimum absolute atomic E-state index is 0.00154. The fourth-order valence-corrected chi connectivity index (χ4v) is 3.19. The summed E-state index contributed by atoms with van der Waals surface area (Å²) < 4.78 is 17.2. The standard InChI is InChI=1S/C22H24N2O7/c1-3-30-21(27)15-10-17(25)23-20-18(19(15)26)16(22(28)31-4-2)11-24(20)13-29-12-14-8-6-5-7-9-14/h5-9,11,26H,3-4,10,12-13H2,1-2H3,(H,23,25). The Labute approximate surface area is 179 Å². The Balaban J connectivity index is 2.00. The Morgan fingerprint density at radius 3 is 2.45 bits per heavy atom. The van der Waals surface area contributed by atoms with Crippen LogP contribution in [0.2, 0.25) is 0 Å². The van der Waals surface area contributed by atoms with Crippen LogP contribution in [0.3, 0.4) is 0 Å². The number of fused-ring (bicyclic) bond motifs is 1. The summed E-state index contributed by atoms with van der Waals surface area (Å²) in [5.74, 6) is -2.43. The van der Waals surface area contributed by atoms with Crippen molar-refractivity contribution in [3.63, 3.8) is 0 Å². The molecule has 31 heavy (non-hydrogen) atoms. The molecule has 1 amide bonds. The summed E-state index contributed by atoms with van der Waals surface area (Å²) in [6.07, 6.45) is 1.02. The highest BCUT2D eigenvalue weighted by Crippen LogP contribution is 2.35. The van der Waals surface area contributed by atoms with Gasteiger partial charge in [0.2, 0.25) is 5.91 Å². The molecule has 0 atom stereocenters. The van der Waals surface area contributed by atoms with Crippen molar-refractivity contribution in [2.24, 2.45) is 0 Å². The number of nitrogens with zero attached hydrogens (tertiary/aromatic N) is 1. The molecular formula is C22H24N2O7. The van der Waals surface area contributed by atoms with Crippen LogP contribution >= 0.6 is 0 Å². The summed E-state index contributed by atoms with van der Waals surface area (Å²) in [7, 11) is 0. The molecule has 0 radical (unpaired) electrons. The number of hydrogen-bond acceptors (Lipinski definition) is 7. The second kappa shape index (κ2) is 9.94. The molecule has 1 aliphatic heterocycles. The predicted molar refractivity (Wildman–Crippen MR) is 111 cm³/mol. The van der Waals surface area contributed by atoms with Gasteiger partial charge in [0.15, 0.2) is 0 Å². The highest BCUT2D eigenvalue weighted by Gasteiger charge is 2.33. The third kappa shape index (κ3) is 4.95. The first-order valence-corrected chi connectivity index (χ1v) is 9.87. The number of nitrogens with one attached hydrogen (secondary N) is 1. The van der Waals surface area contributed by atoms with E-state index in [9.17, 15) is 19.5 Å². The number of carbonyl (C=O) groups is 3. The van der Waals surface area contributed by atoms with Gasteiger partial charge in [-0.3, -0.25) is 4.79 Å². The van der Waals surface area contributed by atoms with E-state index >= 15 is 0 Å². The zero-order valence-electron chi connectivity index (χ0n) is 17.3. The highest BCUT2D eigenvalue weighted by molar-refractivity contribution is 6.10. The Hall–Kier alpha value is -3.59. The molecule has 0 aliphatic carbocycles. The molecule has 0 spiro atoms. The number of aromatic nitrogens is 1. The normalized spacial score (nSPS) is 13.3. The van der Waals surface area contributed by atoms with Crippen molar-refractivity contribution in [1.29, 1.82) is 0 Å². The number of aliphatic hydroxyl groups is 1. The van der Waals surface area contributed by atoms with E-state index in [4.69, 9.17) is 14.2 Å². The molecule has 0 saturated carbocycles. The first-order valence-electron chi connectivity index (χ1n) is 9.87. The molecule has 2 heterocycles. The molecule has 0 saturated heterocycles. The van der Waals surface area contributed by atoms with Crippen molar-refractivity contribution in [2.75, 3.05) is 18.5 Å². The zero-order valence-corrected chi connectivity index (χ0v) is 17.3. The van der Waals surface area contributed by atoms with Crippen molar-refractivity contribution >= 4 is 29.4 Å². The third-order valence-corrected chi connectivity index (χ3v) is 4.56. The van der Waals surface area contributed by atoms with Gasteiger partial charge in [0.25, 0.3) is 0 Å². The van der Waals surface area contributed by atoms with Gasteiger partial charge in [0, 0.05) is 6.20 Å². The maximum atomic E-state index is 12.5. The van der Waals surface area contributed by atoms with Crippen LogP contribution in [0.4, 0.5) is 5.82 Å². The van der Waals surface area contributed by atoms with Crippen LogP contribution in [-0.2, 0) is 37.1 Å². The van der Waals surface area contributed by atoms with Gasteiger partial charge in [0.05, 0.1) is 42.9 Å². The van der Waals surface area contributed by atoms with E-state index in [0.29, 0.717) is 6.61 Å². The Kier molecular flexibility index (Phi) is 7.09. The summed E-state index contributed by atoms with van der Waals surface area (Å²) in [6.45, 7) is 3.74. The third-order valence-electron chi connectivity index (χ3n) is 4.56. The lowest BCUT2D eigenvalue weighted by molar-refractivity contribution is -0.139. The lowest BCUT2D eigenvalue weighted by atomic mass is 10.1. The van der Waals surface area contributed by atoms with Gasteiger partial charge in [-0.2, -0.15) is 0 Å². The SMILES string of the molecule is CCOC(=O)C1=C(O)c2c(C(=O)OCC)cn(COCc3ccccc3)c2NC(=O)C1. The number of esters is 2. The van der Waals surface area contributed by atoms with Gasteiger partial charge >= 0.3 is 11.9 Å². The minimum atomic E-state index is -0.828. The predicted octanol–water partition coefficient (Wildman–Crippen LogP) is 3.01. The largest absolute Gasteiger partial charge is 0.507 e. The van der Waals surface area contributed by atoms with E-state index in [-0.39, 0.29) is 42.5 Å². The first kappa shape index (κ1) is 22.1. The van der Waals surface area contributed by atoms with E-state index in [1.165, 1.54) is 10.8 Å². The van der Waals surface area contributed by atoms with E-state index in [2.05, 4.69) is 5.32 Å². The van der Waals surface area contributed by atoms with Crippen molar-refractivity contribution in [3.8, 4) is 0 Å². The van der Waals surface area contributed by atoms with Gasteiger partial charge in [-0.05, 0) is 19.4 Å². The van der Waals surface area contributed by atoms with Gasteiger partial charge < -0.3 is 29.2 Å². The number of anilines is 1. The number of ether oxygens (including phenoxy) is 3. The quantitative estimate of drug-likeness (QED) is 0.621. The maximum absolute atomic E-state index is 12.5. The highest BCUT2D eigenvalue weighted by atomic mass is 16.5. The molecule has 9 nitrogen and oxygen atoms in total. The molecule has 0 fully saturated rings. The van der Waals surface area contributed by atoms with Crippen molar-refractivity contribution < 1.29 is 33.7 Å². The molecule has 0 unspecified atom stereocenters. The van der Waals surface area contributed by atoms with E-state index < -0.39 is 30.0 Å². The average molecular weight is 428 g/mol. The Bertz CT molecular complexity index is 1010. The van der Waals surface area contributed by atoms with Gasteiger partial charge in [-0.15, -0.1) is 0 Å². The molecule has 3 rings (SSSR count). The van der Waals surface area contributed by atoms with Crippen molar-refractivity contribution in [1.82, 2.24) is 4.57 Å². The number of benzene rings is 1. The second-order valence-electron chi connectivity index (χ2n) is 6.69. The zero-order chi connectivity index (χ0) is 22.4. The summed E-state index contributed by atoms with van der Waals surface area (Å²) >= 11 is 0. The monoisotopic (exact) mass is 428 g/mol. The fourth-order valence-electron chi connectivity index (χ4n) is 3.19. The van der Waals surface area contributed by atoms with Gasteiger partial charge in [-0.25, -0.2) is 9.59 Å². The van der Waals surface area contributed by atoms with Crippen LogP contribution in [0.5, 0.6) is 0 Å². The topological polar surface area (TPSA) is 116 Å². The molecular weight excluding hydrogens is 404 g/mol. The second-order valence-corrected chi connectivity index (χ2v) is 6.69. The lowest BCUT2D eigenvalue weighted by Gasteiger charge is -2.11. The smallest absolute Gasteiger partial charge is 0.340 e. The van der Waals surface area contributed by atoms with Crippen LogP contribution in [0.25, 0.3) is 5.76 Å². The molecule has 2 aromatic rings. The van der Waals surface area contributed by atoms with Crippen molar-refractivity contribution in [3.05, 3.63) is 58.8 Å². The van der Waals surface area contributed by atoms with Crippen LogP contribution in [-0.4, -0.2) is 40.7 Å². The Morgan fingerprint density at radius 2 is 1.77 bits per heavy atom. The Morgan fingerprint density at radius 1 is 1.10 bits per heavy atom. The van der Waals surface area contributed by atoms with E-state index in [1.807, 2.05) is 30.3 Å². The molecule has 2 N–H and O–H groups in total.